The van der Waals surface area contributed by atoms with Gasteiger partial charge < -0.3 is 4.74 Å². The molecule has 7 heteroatoms. The lowest BCUT2D eigenvalue weighted by molar-refractivity contribution is -0.501. The molecule has 7 nitrogen and oxygen atoms in total. The lowest BCUT2D eigenvalue weighted by Crippen LogP contribution is -2.36. The molecule has 0 aliphatic carbocycles. The second kappa shape index (κ2) is 7.74. The molecule has 0 aromatic heterocycles. The van der Waals surface area contributed by atoms with E-state index in [1.54, 1.807) is 48.5 Å². The van der Waals surface area contributed by atoms with E-state index in [4.69, 9.17) is 4.74 Å². The van der Waals surface area contributed by atoms with Gasteiger partial charge in [-0.3, -0.25) is 19.7 Å². The van der Waals surface area contributed by atoms with Crippen molar-refractivity contribution >= 4 is 17.6 Å². The van der Waals surface area contributed by atoms with Crippen LogP contribution in [-0.2, 0) is 14.3 Å². The number of carbonyl (C=O) groups excluding carboxylic acids is 2. The summed E-state index contributed by atoms with van der Waals surface area (Å²) in [6, 6.07) is 16.1. The SMILES string of the molecule is CC1=NC(=O)C([N+](=O)[O-])C(OC(=O)C(c2ccccc2)c2ccccc2)=C1. The van der Waals surface area contributed by atoms with Gasteiger partial charge in [0.2, 0.25) is 0 Å². The molecule has 2 aromatic rings. The summed E-state index contributed by atoms with van der Waals surface area (Å²) in [6.07, 6.45) is 1.25. The summed E-state index contributed by atoms with van der Waals surface area (Å²) in [5.41, 5.74) is 1.61. The molecule has 27 heavy (non-hydrogen) atoms. The van der Waals surface area contributed by atoms with Crippen LogP contribution in [0, 0.1) is 10.1 Å². The molecule has 1 heterocycles. The zero-order valence-electron chi connectivity index (χ0n) is 14.4. The van der Waals surface area contributed by atoms with E-state index in [0.717, 1.165) is 0 Å². The van der Waals surface area contributed by atoms with Crippen molar-refractivity contribution in [3.05, 3.63) is 93.7 Å². The highest BCUT2D eigenvalue weighted by atomic mass is 16.6. The molecule has 1 aliphatic heterocycles. The molecule has 136 valence electrons. The van der Waals surface area contributed by atoms with E-state index in [1.807, 2.05) is 12.1 Å². The van der Waals surface area contributed by atoms with Crippen molar-refractivity contribution in [2.24, 2.45) is 4.99 Å². The number of hydrogen-bond acceptors (Lipinski definition) is 5. The van der Waals surface area contributed by atoms with Crippen molar-refractivity contribution in [1.29, 1.82) is 0 Å². The topological polar surface area (TPSA) is 98.9 Å². The molecule has 1 amide bonds. The molecule has 0 saturated heterocycles. The summed E-state index contributed by atoms with van der Waals surface area (Å²) < 4.78 is 5.36. The van der Waals surface area contributed by atoms with Crippen molar-refractivity contribution in [2.75, 3.05) is 0 Å². The van der Waals surface area contributed by atoms with Crippen LogP contribution in [0.5, 0.6) is 0 Å². The van der Waals surface area contributed by atoms with Crippen LogP contribution in [0.15, 0.2) is 77.5 Å². The molecule has 0 bridgehead atoms. The summed E-state index contributed by atoms with van der Waals surface area (Å²) in [7, 11) is 0. The highest BCUT2D eigenvalue weighted by Gasteiger charge is 2.40. The summed E-state index contributed by atoms with van der Waals surface area (Å²) >= 11 is 0. The third kappa shape index (κ3) is 3.98. The molecule has 0 radical (unpaired) electrons. The first-order chi connectivity index (χ1) is 13.0. The number of rotatable bonds is 5. The van der Waals surface area contributed by atoms with Gasteiger partial charge in [0.05, 0.1) is 0 Å². The van der Waals surface area contributed by atoms with Crippen LogP contribution in [0.3, 0.4) is 0 Å². The number of aliphatic imine (C=N–C) groups is 1. The number of benzene rings is 2. The minimum Gasteiger partial charge on any atom is -0.422 e. The lowest BCUT2D eigenvalue weighted by atomic mass is 9.91. The fourth-order valence-corrected chi connectivity index (χ4v) is 2.88. The van der Waals surface area contributed by atoms with E-state index in [0.29, 0.717) is 11.1 Å². The van der Waals surface area contributed by atoms with Crippen LogP contribution >= 0.6 is 0 Å². The molecule has 1 aliphatic rings. The van der Waals surface area contributed by atoms with Gasteiger partial charge in [0.15, 0.2) is 5.76 Å². The van der Waals surface area contributed by atoms with E-state index in [9.17, 15) is 19.7 Å². The molecule has 0 N–H and O–H groups in total. The first-order valence-electron chi connectivity index (χ1n) is 8.23. The minimum atomic E-state index is -1.81. The van der Waals surface area contributed by atoms with Crippen LogP contribution in [-0.4, -0.2) is 28.6 Å². The summed E-state index contributed by atoms with van der Waals surface area (Å²) in [4.78, 5) is 38.9. The van der Waals surface area contributed by atoms with Crippen LogP contribution in [0.25, 0.3) is 0 Å². The van der Waals surface area contributed by atoms with E-state index in [2.05, 4.69) is 4.99 Å². The largest absolute Gasteiger partial charge is 0.422 e. The number of allylic oxidation sites excluding steroid dienone is 1. The first-order valence-corrected chi connectivity index (χ1v) is 8.23. The van der Waals surface area contributed by atoms with Gasteiger partial charge >= 0.3 is 17.9 Å². The van der Waals surface area contributed by atoms with Gasteiger partial charge in [0.25, 0.3) is 0 Å². The Kier molecular flexibility index (Phi) is 5.21. The first kappa shape index (κ1) is 18.2. The Morgan fingerprint density at radius 1 is 1.07 bits per heavy atom. The molecular formula is C20H16N2O5. The van der Waals surface area contributed by atoms with Gasteiger partial charge in [0, 0.05) is 16.7 Å². The Balaban J connectivity index is 1.97. The lowest BCUT2D eigenvalue weighted by Gasteiger charge is -2.20. The number of hydrogen-bond donors (Lipinski definition) is 0. The Bertz CT molecular complexity index is 896. The third-order valence-electron chi connectivity index (χ3n) is 4.07. The number of dihydropyridines is 1. The summed E-state index contributed by atoms with van der Waals surface area (Å²) in [6.45, 7) is 1.51. The van der Waals surface area contributed by atoms with Crippen LogP contribution in [0.2, 0.25) is 0 Å². The number of carbonyl (C=O) groups is 2. The highest BCUT2D eigenvalue weighted by molar-refractivity contribution is 6.06. The van der Waals surface area contributed by atoms with Gasteiger partial charge in [0.1, 0.15) is 5.92 Å². The van der Waals surface area contributed by atoms with Crippen molar-refractivity contribution in [1.82, 2.24) is 0 Å². The van der Waals surface area contributed by atoms with Crippen LogP contribution in [0.1, 0.15) is 24.0 Å². The summed E-state index contributed by atoms with van der Waals surface area (Å²) in [5, 5.41) is 11.3. The Hall–Kier alpha value is -3.61. The van der Waals surface area contributed by atoms with Crippen molar-refractivity contribution in [3.63, 3.8) is 0 Å². The van der Waals surface area contributed by atoms with Gasteiger partial charge in [-0.2, -0.15) is 0 Å². The van der Waals surface area contributed by atoms with Gasteiger partial charge in [-0.1, -0.05) is 60.7 Å². The number of nitrogens with zero attached hydrogens (tertiary/aromatic N) is 2. The third-order valence-corrected chi connectivity index (χ3v) is 4.07. The van der Waals surface area contributed by atoms with Gasteiger partial charge in [-0.15, -0.1) is 0 Å². The second-order valence-electron chi connectivity index (χ2n) is 6.00. The smallest absolute Gasteiger partial charge is 0.348 e. The van der Waals surface area contributed by atoms with E-state index >= 15 is 0 Å². The summed E-state index contributed by atoms with van der Waals surface area (Å²) in [5.74, 6) is -2.76. The second-order valence-corrected chi connectivity index (χ2v) is 6.00. The molecule has 0 spiro atoms. The molecule has 2 aromatic carbocycles. The maximum atomic E-state index is 13.0. The number of ether oxygens (including phenoxy) is 1. The average Bonchev–Trinajstić information content (AvgIpc) is 2.62. The molecule has 3 rings (SSSR count). The quantitative estimate of drug-likeness (QED) is 0.461. The highest BCUT2D eigenvalue weighted by Crippen LogP contribution is 2.28. The molecule has 1 unspecified atom stereocenters. The normalized spacial score (nSPS) is 16.5. The number of esters is 1. The fourth-order valence-electron chi connectivity index (χ4n) is 2.88. The fraction of sp³-hybridized carbons (Fsp3) is 0.150. The maximum Gasteiger partial charge on any atom is 0.348 e. The van der Waals surface area contributed by atoms with E-state index in [1.165, 1.54) is 13.0 Å². The zero-order valence-corrected chi connectivity index (χ0v) is 14.4. The van der Waals surface area contributed by atoms with Crippen LogP contribution < -0.4 is 0 Å². The monoisotopic (exact) mass is 364 g/mol. The average molecular weight is 364 g/mol. The Morgan fingerprint density at radius 2 is 1.59 bits per heavy atom. The Morgan fingerprint density at radius 3 is 2.07 bits per heavy atom. The zero-order chi connectivity index (χ0) is 19.4. The predicted molar refractivity (Wildman–Crippen MR) is 97.8 cm³/mol. The van der Waals surface area contributed by atoms with Crippen molar-refractivity contribution in [3.8, 4) is 0 Å². The molecule has 0 fully saturated rings. The molecule has 1 atom stereocenters. The number of amides is 1. The van der Waals surface area contributed by atoms with Gasteiger partial charge in [-0.25, -0.2) is 4.99 Å². The van der Waals surface area contributed by atoms with Crippen LogP contribution in [0.4, 0.5) is 0 Å². The minimum absolute atomic E-state index is 0.247. The number of nitro groups is 1. The standard InChI is InChI=1S/C20H16N2O5/c1-13-12-16(18(22(25)26)19(23)21-13)27-20(24)17(14-8-4-2-5-9-14)15-10-6-3-7-11-15/h2-12,17-18H,1H3. The predicted octanol–water partition coefficient (Wildman–Crippen LogP) is 2.89. The van der Waals surface area contributed by atoms with E-state index < -0.39 is 28.8 Å². The van der Waals surface area contributed by atoms with Crippen molar-refractivity contribution < 1.29 is 19.2 Å². The van der Waals surface area contributed by atoms with Crippen molar-refractivity contribution in [2.45, 2.75) is 18.9 Å². The van der Waals surface area contributed by atoms with E-state index in [-0.39, 0.29) is 11.5 Å². The Labute approximate surface area is 155 Å². The van der Waals surface area contributed by atoms with Gasteiger partial charge in [-0.05, 0) is 18.1 Å². The molecular weight excluding hydrogens is 348 g/mol. The molecule has 0 saturated carbocycles. The maximum absolute atomic E-state index is 13.0.